The Morgan fingerprint density at radius 1 is 1.53 bits per heavy atom. The quantitative estimate of drug-likeness (QED) is 0.785. The minimum absolute atomic E-state index is 0.321. The van der Waals surface area contributed by atoms with Crippen LogP contribution in [0.3, 0.4) is 0 Å². The average molecular weight is 228 g/mol. The first-order valence-electron chi connectivity index (χ1n) is 5.84. The van der Waals surface area contributed by atoms with Gasteiger partial charge < -0.3 is 10.2 Å². The summed E-state index contributed by atoms with van der Waals surface area (Å²) >= 11 is 1.96. The van der Waals surface area contributed by atoms with Crippen LogP contribution in [0.4, 0.5) is 0 Å². The zero-order valence-electron chi connectivity index (χ0n) is 9.37. The van der Waals surface area contributed by atoms with E-state index in [2.05, 4.69) is 5.32 Å². The van der Waals surface area contributed by atoms with E-state index in [1.165, 1.54) is 25.0 Å². The molecule has 2 unspecified atom stereocenters. The maximum atomic E-state index is 12.0. The highest BCUT2D eigenvalue weighted by Gasteiger charge is 2.26. The second-order valence-corrected chi connectivity index (χ2v) is 5.67. The van der Waals surface area contributed by atoms with Crippen LogP contribution in [-0.4, -0.2) is 48.0 Å². The van der Waals surface area contributed by atoms with Gasteiger partial charge >= 0.3 is 0 Å². The van der Waals surface area contributed by atoms with E-state index in [0.29, 0.717) is 24.4 Å². The molecule has 0 aromatic carbocycles. The molecule has 0 radical (unpaired) electrons. The van der Waals surface area contributed by atoms with Crippen molar-refractivity contribution in [3.8, 4) is 0 Å². The number of nitrogens with one attached hydrogen (secondary N) is 1. The summed E-state index contributed by atoms with van der Waals surface area (Å²) in [4.78, 5) is 13.9. The molecule has 0 aromatic heterocycles. The number of hydrogen-bond donors (Lipinski definition) is 1. The van der Waals surface area contributed by atoms with Crippen molar-refractivity contribution < 1.29 is 4.79 Å². The molecular weight excluding hydrogens is 208 g/mol. The van der Waals surface area contributed by atoms with E-state index in [4.69, 9.17) is 0 Å². The molecule has 0 saturated carbocycles. The van der Waals surface area contributed by atoms with Crippen LogP contribution in [0.2, 0.25) is 0 Å². The molecule has 0 aromatic rings. The minimum Gasteiger partial charge on any atom is -0.342 e. The monoisotopic (exact) mass is 228 g/mol. The van der Waals surface area contributed by atoms with Crippen molar-refractivity contribution in [2.45, 2.75) is 37.8 Å². The van der Waals surface area contributed by atoms with E-state index in [9.17, 15) is 4.79 Å². The molecule has 3 nitrogen and oxygen atoms in total. The molecule has 2 aliphatic rings. The lowest BCUT2D eigenvalue weighted by atomic mass is 10.1. The van der Waals surface area contributed by atoms with Crippen molar-refractivity contribution in [2.24, 2.45) is 0 Å². The fourth-order valence-electron chi connectivity index (χ4n) is 2.32. The van der Waals surface area contributed by atoms with Gasteiger partial charge in [-0.25, -0.2) is 0 Å². The van der Waals surface area contributed by atoms with Crippen molar-refractivity contribution in [2.75, 3.05) is 25.1 Å². The largest absolute Gasteiger partial charge is 0.342 e. The third-order valence-corrected chi connectivity index (χ3v) is 4.58. The predicted octanol–water partition coefficient (Wildman–Crippen LogP) is 1.09. The SMILES string of the molecule is CN(C(=O)CC1CCCN1)C1CCSC1. The molecule has 2 aliphatic heterocycles. The highest BCUT2D eigenvalue weighted by Crippen LogP contribution is 2.22. The zero-order chi connectivity index (χ0) is 10.7. The number of rotatable bonds is 3. The summed E-state index contributed by atoms with van der Waals surface area (Å²) in [5, 5.41) is 3.38. The second-order valence-electron chi connectivity index (χ2n) is 4.52. The van der Waals surface area contributed by atoms with E-state index in [-0.39, 0.29) is 0 Å². The summed E-state index contributed by atoms with van der Waals surface area (Å²) in [6.45, 7) is 1.08. The normalized spacial score (nSPS) is 30.7. The molecule has 1 amide bonds. The van der Waals surface area contributed by atoms with Gasteiger partial charge in [0.15, 0.2) is 0 Å². The molecule has 2 atom stereocenters. The summed E-state index contributed by atoms with van der Waals surface area (Å²) in [6.07, 6.45) is 4.25. The minimum atomic E-state index is 0.321. The number of hydrogen-bond acceptors (Lipinski definition) is 3. The lowest BCUT2D eigenvalue weighted by Gasteiger charge is -2.25. The molecule has 4 heteroatoms. The molecule has 0 bridgehead atoms. The number of carbonyl (C=O) groups is 1. The van der Waals surface area contributed by atoms with E-state index >= 15 is 0 Å². The van der Waals surface area contributed by atoms with Crippen molar-refractivity contribution >= 4 is 17.7 Å². The molecular formula is C11H20N2OS. The van der Waals surface area contributed by atoms with Crippen LogP contribution in [0.5, 0.6) is 0 Å². The number of nitrogens with zero attached hydrogens (tertiary/aromatic N) is 1. The number of carbonyl (C=O) groups excluding carboxylic acids is 1. The van der Waals surface area contributed by atoms with E-state index in [0.717, 1.165) is 12.3 Å². The summed E-state index contributed by atoms with van der Waals surface area (Å²) in [5.41, 5.74) is 0. The van der Waals surface area contributed by atoms with Gasteiger partial charge in [-0.15, -0.1) is 0 Å². The van der Waals surface area contributed by atoms with Crippen LogP contribution in [-0.2, 0) is 4.79 Å². The van der Waals surface area contributed by atoms with Crippen molar-refractivity contribution in [1.29, 1.82) is 0 Å². The van der Waals surface area contributed by atoms with E-state index in [1.807, 2.05) is 23.7 Å². The topological polar surface area (TPSA) is 32.3 Å². The molecule has 2 rings (SSSR count). The fourth-order valence-corrected chi connectivity index (χ4v) is 3.58. The van der Waals surface area contributed by atoms with Gasteiger partial charge in [-0.3, -0.25) is 4.79 Å². The van der Waals surface area contributed by atoms with Crippen LogP contribution >= 0.6 is 11.8 Å². The molecule has 2 fully saturated rings. The smallest absolute Gasteiger partial charge is 0.224 e. The maximum Gasteiger partial charge on any atom is 0.224 e. The first-order valence-corrected chi connectivity index (χ1v) is 6.99. The van der Waals surface area contributed by atoms with Crippen molar-refractivity contribution in [3.05, 3.63) is 0 Å². The molecule has 0 spiro atoms. The van der Waals surface area contributed by atoms with Gasteiger partial charge in [0.2, 0.25) is 5.91 Å². The van der Waals surface area contributed by atoms with Gasteiger partial charge in [-0.1, -0.05) is 0 Å². The van der Waals surface area contributed by atoms with Gasteiger partial charge in [0.05, 0.1) is 0 Å². The first kappa shape index (κ1) is 11.3. The Hall–Kier alpha value is -0.220. The highest BCUT2D eigenvalue weighted by atomic mass is 32.2. The van der Waals surface area contributed by atoms with Crippen LogP contribution in [0, 0.1) is 0 Å². The Bertz CT molecular complexity index is 223. The molecule has 1 N–H and O–H groups in total. The Balaban J connectivity index is 1.78. The summed E-state index contributed by atoms with van der Waals surface area (Å²) in [5.74, 6) is 2.66. The molecule has 2 saturated heterocycles. The van der Waals surface area contributed by atoms with Gasteiger partial charge in [0, 0.05) is 31.3 Å². The lowest BCUT2D eigenvalue weighted by Crippen LogP contribution is -2.40. The van der Waals surface area contributed by atoms with Crippen LogP contribution < -0.4 is 5.32 Å². The number of thioether (sulfide) groups is 1. The summed E-state index contributed by atoms with van der Waals surface area (Å²) < 4.78 is 0. The lowest BCUT2D eigenvalue weighted by molar-refractivity contribution is -0.132. The van der Waals surface area contributed by atoms with Crippen LogP contribution in [0.1, 0.15) is 25.7 Å². The number of amides is 1. The Morgan fingerprint density at radius 2 is 2.40 bits per heavy atom. The predicted molar refractivity (Wildman–Crippen MR) is 64.1 cm³/mol. The fraction of sp³-hybridized carbons (Fsp3) is 0.909. The third-order valence-electron chi connectivity index (χ3n) is 3.43. The van der Waals surface area contributed by atoms with Gasteiger partial charge in [0.1, 0.15) is 0 Å². The van der Waals surface area contributed by atoms with Crippen molar-refractivity contribution in [1.82, 2.24) is 10.2 Å². The summed E-state index contributed by atoms with van der Waals surface area (Å²) in [7, 11) is 1.97. The molecule has 86 valence electrons. The van der Waals surface area contributed by atoms with E-state index in [1.54, 1.807) is 0 Å². The van der Waals surface area contributed by atoms with Gasteiger partial charge in [-0.2, -0.15) is 11.8 Å². The third kappa shape index (κ3) is 2.88. The Labute approximate surface area is 96.0 Å². The van der Waals surface area contributed by atoms with E-state index < -0.39 is 0 Å². The standard InChI is InChI=1S/C11H20N2OS/c1-13(10-4-6-15-8-10)11(14)7-9-3-2-5-12-9/h9-10,12H,2-8H2,1H3. The van der Waals surface area contributed by atoms with Crippen LogP contribution in [0.15, 0.2) is 0 Å². The van der Waals surface area contributed by atoms with Gasteiger partial charge in [-0.05, 0) is 31.6 Å². The maximum absolute atomic E-state index is 12.0. The summed E-state index contributed by atoms with van der Waals surface area (Å²) in [6, 6.07) is 0.929. The van der Waals surface area contributed by atoms with Crippen molar-refractivity contribution in [3.63, 3.8) is 0 Å². The zero-order valence-corrected chi connectivity index (χ0v) is 10.2. The average Bonchev–Trinajstić information content (AvgIpc) is 2.88. The Morgan fingerprint density at radius 3 is 3.00 bits per heavy atom. The second kappa shape index (κ2) is 5.21. The Kier molecular flexibility index (Phi) is 3.92. The molecule has 0 aliphatic carbocycles. The highest BCUT2D eigenvalue weighted by molar-refractivity contribution is 7.99. The van der Waals surface area contributed by atoms with Crippen LogP contribution in [0.25, 0.3) is 0 Å². The first-order chi connectivity index (χ1) is 7.27. The molecule has 2 heterocycles. The van der Waals surface area contributed by atoms with Gasteiger partial charge in [0.25, 0.3) is 0 Å². The molecule has 15 heavy (non-hydrogen) atoms.